The number of carbonyl (C=O) groups excluding carboxylic acids is 1. The number of benzene rings is 1. The Bertz CT molecular complexity index is 558. The van der Waals surface area contributed by atoms with Crippen LogP contribution in [-0.2, 0) is 9.59 Å². The summed E-state index contributed by atoms with van der Waals surface area (Å²) in [7, 11) is 0. The van der Waals surface area contributed by atoms with Crippen molar-refractivity contribution >= 4 is 33.5 Å². The Morgan fingerprint density at radius 2 is 2.00 bits per heavy atom. The van der Waals surface area contributed by atoms with E-state index in [9.17, 15) is 14.7 Å². The number of rotatable bonds is 4. The van der Waals surface area contributed by atoms with Crippen molar-refractivity contribution in [2.45, 2.75) is 33.1 Å². The molecule has 5 heteroatoms. The molecule has 1 aliphatic rings. The molecule has 0 aromatic heterocycles. The van der Waals surface area contributed by atoms with Gasteiger partial charge >= 0.3 is 5.97 Å². The van der Waals surface area contributed by atoms with Gasteiger partial charge in [0.05, 0.1) is 11.8 Å². The van der Waals surface area contributed by atoms with Crippen LogP contribution in [0.4, 0.5) is 5.69 Å². The molecule has 21 heavy (non-hydrogen) atoms. The fourth-order valence-electron chi connectivity index (χ4n) is 2.94. The number of carboxylic acid groups (broad SMARTS) is 1. The molecule has 1 amide bonds. The van der Waals surface area contributed by atoms with E-state index in [0.29, 0.717) is 24.4 Å². The Labute approximate surface area is 133 Å². The van der Waals surface area contributed by atoms with Gasteiger partial charge in [0.1, 0.15) is 0 Å². The van der Waals surface area contributed by atoms with Gasteiger partial charge in [-0.2, -0.15) is 0 Å². The number of nitrogens with one attached hydrogen (secondary N) is 1. The van der Waals surface area contributed by atoms with Crippen LogP contribution in [0.15, 0.2) is 22.7 Å². The summed E-state index contributed by atoms with van der Waals surface area (Å²) < 4.78 is 0.924. The Kier molecular flexibility index (Phi) is 5.04. The summed E-state index contributed by atoms with van der Waals surface area (Å²) in [5, 5.41) is 12.2. The normalized spacial score (nSPS) is 24.8. The summed E-state index contributed by atoms with van der Waals surface area (Å²) in [6.45, 7) is 4.01. The molecule has 0 bridgehead atoms. The van der Waals surface area contributed by atoms with Crippen molar-refractivity contribution < 1.29 is 14.7 Å². The number of aryl methyl sites for hydroxylation is 1. The first kappa shape index (κ1) is 16.0. The highest BCUT2D eigenvalue weighted by molar-refractivity contribution is 9.10. The molecule has 0 saturated heterocycles. The molecule has 0 radical (unpaired) electrons. The average molecular weight is 354 g/mol. The number of anilines is 1. The molecule has 1 fully saturated rings. The molecular formula is C16H20BrNO3. The molecule has 114 valence electrons. The van der Waals surface area contributed by atoms with Crippen LogP contribution in [0.25, 0.3) is 0 Å². The van der Waals surface area contributed by atoms with Gasteiger partial charge in [-0.25, -0.2) is 0 Å². The minimum atomic E-state index is -0.865. The Morgan fingerprint density at radius 3 is 2.57 bits per heavy atom. The molecule has 3 unspecified atom stereocenters. The number of carboxylic acids is 1. The minimum absolute atomic E-state index is 0.186. The topological polar surface area (TPSA) is 66.4 Å². The van der Waals surface area contributed by atoms with Gasteiger partial charge in [-0.15, -0.1) is 0 Å². The van der Waals surface area contributed by atoms with Crippen LogP contribution < -0.4 is 5.32 Å². The van der Waals surface area contributed by atoms with Crippen LogP contribution in [0.2, 0.25) is 0 Å². The van der Waals surface area contributed by atoms with Crippen molar-refractivity contribution in [1.82, 2.24) is 0 Å². The highest BCUT2D eigenvalue weighted by atomic mass is 79.9. The molecule has 2 rings (SSSR count). The predicted octanol–water partition coefficient (Wildman–Crippen LogP) is 3.83. The van der Waals surface area contributed by atoms with Gasteiger partial charge in [-0.05, 0) is 43.4 Å². The highest BCUT2D eigenvalue weighted by Crippen LogP contribution is 2.39. The lowest BCUT2D eigenvalue weighted by Gasteiger charge is -2.16. The maximum Gasteiger partial charge on any atom is 0.307 e. The first-order chi connectivity index (χ1) is 9.92. The quantitative estimate of drug-likeness (QED) is 0.864. The third-order valence-corrected chi connectivity index (χ3v) is 5.19. The SMILES string of the molecule is CCC1CC(C(=O)O)C(C(=O)Nc2ccc(C)c(Br)c2)C1. The average Bonchev–Trinajstić information content (AvgIpc) is 2.87. The maximum absolute atomic E-state index is 12.4. The van der Waals surface area contributed by atoms with Gasteiger partial charge in [0, 0.05) is 10.2 Å². The van der Waals surface area contributed by atoms with Crippen LogP contribution in [0.1, 0.15) is 31.7 Å². The van der Waals surface area contributed by atoms with Crippen LogP contribution in [0, 0.1) is 24.7 Å². The summed E-state index contributed by atoms with van der Waals surface area (Å²) in [4.78, 5) is 23.7. The Hall–Kier alpha value is -1.36. The zero-order chi connectivity index (χ0) is 15.6. The number of hydrogen-bond acceptors (Lipinski definition) is 2. The van der Waals surface area contributed by atoms with Crippen LogP contribution in [0.3, 0.4) is 0 Å². The molecule has 3 atom stereocenters. The van der Waals surface area contributed by atoms with E-state index in [1.165, 1.54) is 0 Å². The van der Waals surface area contributed by atoms with E-state index in [1.54, 1.807) is 0 Å². The van der Waals surface area contributed by atoms with E-state index in [4.69, 9.17) is 0 Å². The van der Waals surface area contributed by atoms with Gasteiger partial charge in [-0.3, -0.25) is 9.59 Å². The van der Waals surface area contributed by atoms with E-state index >= 15 is 0 Å². The summed E-state index contributed by atoms with van der Waals surface area (Å²) in [6, 6.07) is 5.59. The molecule has 1 aromatic carbocycles. The van der Waals surface area contributed by atoms with Crippen molar-refractivity contribution in [1.29, 1.82) is 0 Å². The lowest BCUT2D eigenvalue weighted by Crippen LogP contribution is -2.30. The second-order valence-corrected chi connectivity index (χ2v) is 6.60. The van der Waals surface area contributed by atoms with E-state index in [-0.39, 0.29) is 5.91 Å². The van der Waals surface area contributed by atoms with Crippen molar-refractivity contribution in [2.75, 3.05) is 5.32 Å². The zero-order valence-corrected chi connectivity index (χ0v) is 13.8. The molecule has 0 heterocycles. The second-order valence-electron chi connectivity index (χ2n) is 5.75. The van der Waals surface area contributed by atoms with E-state index in [2.05, 4.69) is 21.2 Å². The van der Waals surface area contributed by atoms with Crippen molar-refractivity contribution in [2.24, 2.45) is 17.8 Å². The first-order valence-electron chi connectivity index (χ1n) is 7.22. The van der Waals surface area contributed by atoms with E-state index in [0.717, 1.165) is 16.5 Å². The van der Waals surface area contributed by atoms with Crippen molar-refractivity contribution in [3.8, 4) is 0 Å². The summed E-state index contributed by atoms with van der Waals surface area (Å²) in [6.07, 6.45) is 2.18. The lowest BCUT2D eigenvalue weighted by atomic mass is 9.95. The molecular weight excluding hydrogens is 334 g/mol. The van der Waals surface area contributed by atoms with Crippen molar-refractivity contribution in [3.05, 3.63) is 28.2 Å². The first-order valence-corrected chi connectivity index (χ1v) is 8.01. The molecule has 1 aliphatic carbocycles. The third-order valence-electron chi connectivity index (χ3n) is 4.33. The van der Waals surface area contributed by atoms with Gasteiger partial charge < -0.3 is 10.4 Å². The molecule has 0 spiro atoms. The Morgan fingerprint density at radius 1 is 1.33 bits per heavy atom. The smallest absolute Gasteiger partial charge is 0.307 e. The maximum atomic E-state index is 12.4. The third kappa shape index (κ3) is 3.64. The molecule has 0 aliphatic heterocycles. The number of aliphatic carboxylic acids is 1. The van der Waals surface area contributed by atoms with Crippen LogP contribution >= 0.6 is 15.9 Å². The van der Waals surface area contributed by atoms with Crippen LogP contribution in [0.5, 0.6) is 0 Å². The number of hydrogen-bond donors (Lipinski definition) is 2. The van der Waals surface area contributed by atoms with Gasteiger partial charge in [0.2, 0.25) is 5.91 Å². The summed E-state index contributed by atoms with van der Waals surface area (Å²) >= 11 is 3.43. The molecule has 1 saturated carbocycles. The van der Waals surface area contributed by atoms with Gasteiger partial charge in [0.25, 0.3) is 0 Å². The lowest BCUT2D eigenvalue weighted by molar-refractivity contribution is -0.145. The number of carbonyl (C=O) groups is 2. The summed E-state index contributed by atoms with van der Waals surface area (Å²) in [5.41, 5.74) is 1.78. The predicted molar refractivity (Wildman–Crippen MR) is 85.1 cm³/mol. The minimum Gasteiger partial charge on any atom is -0.481 e. The monoisotopic (exact) mass is 353 g/mol. The fraction of sp³-hybridized carbons (Fsp3) is 0.500. The zero-order valence-electron chi connectivity index (χ0n) is 12.2. The highest BCUT2D eigenvalue weighted by Gasteiger charge is 2.42. The Balaban J connectivity index is 2.11. The van der Waals surface area contributed by atoms with E-state index in [1.807, 2.05) is 32.0 Å². The van der Waals surface area contributed by atoms with Gasteiger partial charge in [-0.1, -0.05) is 35.3 Å². The number of amides is 1. The molecule has 1 aromatic rings. The standard InChI is InChI=1S/C16H20BrNO3/c1-3-10-6-12(13(7-10)16(20)21)15(19)18-11-5-4-9(2)14(17)8-11/h4-5,8,10,12-13H,3,6-7H2,1-2H3,(H,18,19)(H,20,21). The second kappa shape index (κ2) is 6.60. The van der Waals surface area contributed by atoms with Crippen molar-refractivity contribution in [3.63, 3.8) is 0 Å². The fourth-order valence-corrected chi connectivity index (χ4v) is 3.32. The molecule has 4 nitrogen and oxygen atoms in total. The largest absolute Gasteiger partial charge is 0.481 e. The van der Waals surface area contributed by atoms with Crippen LogP contribution in [-0.4, -0.2) is 17.0 Å². The van der Waals surface area contributed by atoms with Gasteiger partial charge in [0.15, 0.2) is 0 Å². The molecule has 2 N–H and O–H groups in total. The van der Waals surface area contributed by atoms with E-state index < -0.39 is 17.8 Å². The summed E-state index contributed by atoms with van der Waals surface area (Å²) in [5.74, 6) is -1.73. The number of halogens is 1.